The number of hydrazine groups is 1. The molecule has 0 heterocycles. The highest BCUT2D eigenvalue weighted by Gasteiger charge is 2.31. The van der Waals surface area contributed by atoms with Crippen LogP contribution < -0.4 is 16.6 Å². The zero-order chi connectivity index (χ0) is 12.1. The molecule has 4 N–H and O–H groups in total. The summed E-state index contributed by atoms with van der Waals surface area (Å²) in [6, 6.07) is 0.563. The molecule has 2 aliphatic carbocycles. The van der Waals surface area contributed by atoms with Gasteiger partial charge in [-0.15, -0.1) is 0 Å². The largest absolute Gasteiger partial charge is 0.353 e. The minimum absolute atomic E-state index is 0.427. The van der Waals surface area contributed by atoms with Crippen molar-refractivity contribution in [2.45, 2.75) is 64.3 Å². The van der Waals surface area contributed by atoms with Crippen molar-refractivity contribution in [3.63, 3.8) is 0 Å². The van der Waals surface area contributed by atoms with E-state index >= 15 is 0 Å². The van der Waals surface area contributed by atoms with Gasteiger partial charge in [0.2, 0.25) is 5.96 Å². The van der Waals surface area contributed by atoms with Crippen molar-refractivity contribution in [2.24, 2.45) is 16.3 Å². The van der Waals surface area contributed by atoms with E-state index < -0.39 is 0 Å². The van der Waals surface area contributed by atoms with Crippen LogP contribution >= 0.6 is 0 Å². The number of aliphatic imine (C=N–C) groups is 1. The maximum atomic E-state index is 5.54. The molecule has 4 heteroatoms. The summed E-state index contributed by atoms with van der Waals surface area (Å²) in [6.07, 6.45) is 10.5. The molecule has 0 radical (unpaired) electrons. The van der Waals surface area contributed by atoms with Crippen molar-refractivity contribution in [1.29, 1.82) is 0 Å². The molecule has 0 aliphatic heterocycles. The Morgan fingerprint density at radius 1 is 1.24 bits per heavy atom. The van der Waals surface area contributed by atoms with Gasteiger partial charge in [-0.05, 0) is 31.1 Å². The van der Waals surface area contributed by atoms with Gasteiger partial charge in [0.05, 0.1) is 0 Å². The lowest BCUT2D eigenvalue weighted by molar-refractivity contribution is 0.173. The van der Waals surface area contributed by atoms with Crippen molar-refractivity contribution >= 4 is 5.96 Å². The zero-order valence-corrected chi connectivity index (χ0v) is 11.0. The Labute approximate surface area is 104 Å². The average Bonchev–Trinajstić information content (AvgIpc) is 2.33. The second-order valence-electron chi connectivity index (χ2n) is 5.95. The Morgan fingerprint density at radius 2 is 1.94 bits per heavy atom. The van der Waals surface area contributed by atoms with E-state index in [9.17, 15) is 0 Å². The average molecular weight is 238 g/mol. The standard InChI is InChI=1S/C13H26N4/c1-13(8-5-9-13)10-15-12(17-14)16-11-6-3-2-4-7-11/h11H,2-10,14H2,1H3,(H2,15,16,17). The number of hydrogen-bond acceptors (Lipinski definition) is 2. The normalized spacial score (nSPS) is 25.2. The maximum Gasteiger partial charge on any atom is 0.205 e. The Morgan fingerprint density at radius 3 is 2.47 bits per heavy atom. The van der Waals surface area contributed by atoms with E-state index in [-0.39, 0.29) is 0 Å². The first-order valence-electron chi connectivity index (χ1n) is 6.99. The summed E-state index contributed by atoms with van der Waals surface area (Å²) in [7, 11) is 0. The van der Waals surface area contributed by atoms with E-state index in [0.29, 0.717) is 11.5 Å². The lowest BCUT2D eigenvalue weighted by atomic mass is 9.71. The van der Waals surface area contributed by atoms with Crippen LogP contribution in [0.4, 0.5) is 0 Å². The van der Waals surface area contributed by atoms with Gasteiger partial charge in [-0.1, -0.05) is 32.6 Å². The van der Waals surface area contributed by atoms with Gasteiger partial charge in [0.15, 0.2) is 0 Å². The lowest BCUT2D eigenvalue weighted by Gasteiger charge is -2.37. The highest BCUT2D eigenvalue weighted by molar-refractivity contribution is 5.79. The van der Waals surface area contributed by atoms with Gasteiger partial charge in [0, 0.05) is 12.6 Å². The molecule has 0 atom stereocenters. The van der Waals surface area contributed by atoms with E-state index in [0.717, 1.165) is 12.5 Å². The molecule has 2 aliphatic rings. The number of nitrogens with one attached hydrogen (secondary N) is 2. The predicted molar refractivity (Wildman–Crippen MR) is 71.6 cm³/mol. The fourth-order valence-electron chi connectivity index (χ4n) is 2.78. The van der Waals surface area contributed by atoms with Crippen LogP contribution in [0.25, 0.3) is 0 Å². The molecule has 2 rings (SSSR count). The Hall–Kier alpha value is -0.770. The molecule has 2 saturated carbocycles. The smallest absolute Gasteiger partial charge is 0.205 e. The molecule has 0 aromatic carbocycles. The van der Waals surface area contributed by atoms with Crippen LogP contribution in [-0.4, -0.2) is 18.5 Å². The zero-order valence-electron chi connectivity index (χ0n) is 11.0. The molecule has 0 spiro atoms. The topological polar surface area (TPSA) is 62.4 Å². The third-order valence-electron chi connectivity index (χ3n) is 4.26. The third kappa shape index (κ3) is 3.60. The Bertz CT molecular complexity index is 265. The van der Waals surface area contributed by atoms with Crippen LogP contribution in [0.5, 0.6) is 0 Å². The second-order valence-corrected chi connectivity index (χ2v) is 5.95. The highest BCUT2D eigenvalue weighted by atomic mass is 15.3. The molecule has 4 nitrogen and oxygen atoms in total. The molecule has 2 fully saturated rings. The summed E-state index contributed by atoms with van der Waals surface area (Å²) in [5, 5.41) is 3.44. The Balaban J connectivity index is 1.80. The molecule has 0 amide bonds. The number of guanidine groups is 1. The third-order valence-corrected chi connectivity index (χ3v) is 4.26. The lowest BCUT2D eigenvalue weighted by Crippen LogP contribution is -2.47. The van der Waals surface area contributed by atoms with Crippen molar-refractivity contribution in [2.75, 3.05) is 6.54 Å². The van der Waals surface area contributed by atoms with E-state index in [1.807, 2.05) is 0 Å². The molecule has 17 heavy (non-hydrogen) atoms. The molecular formula is C13H26N4. The summed E-state index contributed by atoms with van der Waals surface area (Å²) in [5.41, 5.74) is 3.14. The molecule has 98 valence electrons. The van der Waals surface area contributed by atoms with Crippen LogP contribution in [0.2, 0.25) is 0 Å². The SMILES string of the molecule is CC1(CN=C(NN)NC2CCCCC2)CCC1. The fraction of sp³-hybridized carbons (Fsp3) is 0.923. The number of hydrogen-bond donors (Lipinski definition) is 3. The minimum atomic E-state index is 0.427. The van der Waals surface area contributed by atoms with Crippen molar-refractivity contribution in [1.82, 2.24) is 10.7 Å². The number of rotatable bonds is 3. The quantitative estimate of drug-likeness (QED) is 0.305. The van der Waals surface area contributed by atoms with Gasteiger partial charge >= 0.3 is 0 Å². The van der Waals surface area contributed by atoms with Crippen molar-refractivity contribution in [3.8, 4) is 0 Å². The van der Waals surface area contributed by atoms with Gasteiger partial charge in [-0.3, -0.25) is 10.4 Å². The summed E-state index contributed by atoms with van der Waals surface area (Å²) >= 11 is 0. The molecular weight excluding hydrogens is 212 g/mol. The molecule has 0 unspecified atom stereocenters. The van der Waals surface area contributed by atoms with Gasteiger partial charge < -0.3 is 5.32 Å². The second kappa shape index (κ2) is 5.71. The summed E-state index contributed by atoms with van der Waals surface area (Å²) in [6.45, 7) is 3.21. The number of nitrogens with zero attached hydrogens (tertiary/aromatic N) is 1. The first-order valence-corrected chi connectivity index (χ1v) is 6.99. The van der Waals surface area contributed by atoms with Crippen LogP contribution in [-0.2, 0) is 0 Å². The van der Waals surface area contributed by atoms with E-state index in [4.69, 9.17) is 5.84 Å². The van der Waals surface area contributed by atoms with Crippen LogP contribution in [0.15, 0.2) is 4.99 Å². The van der Waals surface area contributed by atoms with Crippen LogP contribution in [0, 0.1) is 5.41 Å². The molecule has 0 saturated heterocycles. The van der Waals surface area contributed by atoms with E-state index in [2.05, 4.69) is 22.7 Å². The number of nitrogens with two attached hydrogens (primary N) is 1. The van der Waals surface area contributed by atoms with Gasteiger partial charge in [-0.25, -0.2) is 5.84 Å². The molecule has 0 aromatic heterocycles. The van der Waals surface area contributed by atoms with Crippen molar-refractivity contribution in [3.05, 3.63) is 0 Å². The predicted octanol–water partition coefficient (Wildman–Crippen LogP) is 1.92. The first kappa shape index (κ1) is 12.7. The van der Waals surface area contributed by atoms with Gasteiger partial charge in [-0.2, -0.15) is 0 Å². The van der Waals surface area contributed by atoms with Crippen molar-refractivity contribution < 1.29 is 0 Å². The van der Waals surface area contributed by atoms with Gasteiger partial charge in [0.1, 0.15) is 0 Å². The van der Waals surface area contributed by atoms with Gasteiger partial charge in [0.25, 0.3) is 0 Å². The maximum absolute atomic E-state index is 5.54. The first-order chi connectivity index (χ1) is 8.22. The summed E-state index contributed by atoms with van der Waals surface area (Å²) < 4.78 is 0. The Kier molecular flexibility index (Phi) is 4.26. The fourth-order valence-corrected chi connectivity index (χ4v) is 2.78. The van der Waals surface area contributed by atoms with E-state index in [1.54, 1.807) is 0 Å². The van der Waals surface area contributed by atoms with Crippen LogP contribution in [0.3, 0.4) is 0 Å². The molecule has 0 bridgehead atoms. The minimum Gasteiger partial charge on any atom is -0.353 e. The van der Waals surface area contributed by atoms with Crippen LogP contribution in [0.1, 0.15) is 58.3 Å². The molecule has 0 aromatic rings. The summed E-state index contributed by atoms with van der Waals surface area (Å²) in [5.74, 6) is 6.32. The summed E-state index contributed by atoms with van der Waals surface area (Å²) in [4.78, 5) is 4.60. The highest BCUT2D eigenvalue weighted by Crippen LogP contribution is 2.40. The monoisotopic (exact) mass is 238 g/mol. The van der Waals surface area contributed by atoms with E-state index in [1.165, 1.54) is 51.4 Å².